The number of nitrogens with one attached hydrogen (secondary N) is 2. The highest BCUT2D eigenvalue weighted by atomic mass is 16.6. The van der Waals surface area contributed by atoms with Crippen molar-refractivity contribution in [2.75, 3.05) is 26.2 Å². The molecule has 0 saturated carbocycles. The topological polar surface area (TPSA) is 92.0 Å². The molecule has 0 bridgehead atoms. The fourth-order valence-electron chi connectivity index (χ4n) is 2.42. The number of nitrogens with zero attached hydrogens (tertiary/aromatic N) is 3. The molecule has 0 radical (unpaired) electrons. The molecule has 8 nitrogen and oxygen atoms in total. The number of carbonyl (C=O) groups is 1. The Morgan fingerprint density at radius 2 is 1.86 bits per heavy atom. The van der Waals surface area contributed by atoms with Crippen molar-refractivity contribution in [3.05, 3.63) is 17.8 Å². The first-order valence-electron chi connectivity index (χ1n) is 10.4. The first kappa shape index (κ1) is 24.8. The summed E-state index contributed by atoms with van der Waals surface area (Å²) in [6.45, 7) is 18.7. The van der Waals surface area contributed by atoms with Crippen LogP contribution >= 0.6 is 0 Å². The Balaban J connectivity index is 2.64. The van der Waals surface area contributed by atoms with Crippen LogP contribution in [0.25, 0.3) is 0 Å². The van der Waals surface area contributed by atoms with Gasteiger partial charge in [0.25, 0.3) is 0 Å². The van der Waals surface area contributed by atoms with Crippen molar-refractivity contribution in [3.8, 4) is 0 Å². The molecule has 0 saturated heterocycles. The summed E-state index contributed by atoms with van der Waals surface area (Å²) in [6.07, 6.45) is 2.33. The third kappa shape index (κ3) is 9.67. The monoisotopic (exact) mass is 409 g/mol. The van der Waals surface area contributed by atoms with Gasteiger partial charge in [-0.25, -0.2) is 14.8 Å². The number of hydrogen-bond donors (Lipinski definition) is 2. The quantitative estimate of drug-likeness (QED) is 0.503. The van der Waals surface area contributed by atoms with Gasteiger partial charge in [-0.15, -0.1) is 0 Å². The van der Waals surface area contributed by atoms with Crippen LogP contribution in [0.2, 0.25) is 0 Å². The van der Waals surface area contributed by atoms with Crippen LogP contribution in [0.15, 0.2) is 15.6 Å². The normalized spacial score (nSPS) is 12.6. The molecule has 2 N–H and O–H groups in total. The number of oxazole rings is 1. The lowest BCUT2D eigenvalue weighted by molar-refractivity contribution is 0.0253. The zero-order valence-electron chi connectivity index (χ0n) is 19.4. The van der Waals surface area contributed by atoms with Crippen molar-refractivity contribution >= 4 is 12.1 Å². The van der Waals surface area contributed by atoms with E-state index in [9.17, 15) is 4.79 Å². The highest BCUT2D eigenvalue weighted by Gasteiger charge is 2.21. The minimum Gasteiger partial charge on any atom is -0.444 e. The minimum absolute atomic E-state index is 0.0812. The average molecular weight is 410 g/mol. The van der Waals surface area contributed by atoms with E-state index in [1.807, 2.05) is 34.6 Å². The number of guanidine groups is 1. The van der Waals surface area contributed by atoms with Crippen molar-refractivity contribution in [2.45, 2.75) is 79.4 Å². The molecule has 1 rings (SSSR count). The van der Waals surface area contributed by atoms with Gasteiger partial charge >= 0.3 is 6.09 Å². The van der Waals surface area contributed by atoms with E-state index in [1.54, 1.807) is 11.1 Å². The van der Waals surface area contributed by atoms with Gasteiger partial charge in [0.1, 0.15) is 17.9 Å². The average Bonchev–Trinajstić information content (AvgIpc) is 3.06. The summed E-state index contributed by atoms with van der Waals surface area (Å²) >= 11 is 0. The predicted molar refractivity (Wildman–Crippen MR) is 116 cm³/mol. The molecule has 0 aliphatic carbocycles. The summed E-state index contributed by atoms with van der Waals surface area (Å²) < 4.78 is 11.3. The lowest BCUT2D eigenvalue weighted by Gasteiger charge is -2.27. The number of amides is 1. The maximum atomic E-state index is 12.4. The Hall–Kier alpha value is -2.25. The van der Waals surface area contributed by atoms with Crippen LogP contribution < -0.4 is 10.6 Å². The molecule has 29 heavy (non-hydrogen) atoms. The molecule has 1 heterocycles. The predicted octanol–water partition coefficient (Wildman–Crippen LogP) is 3.67. The van der Waals surface area contributed by atoms with Crippen molar-refractivity contribution < 1.29 is 13.9 Å². The van der Waals surface area contributed by atoms with E-state index in [4.69, 9.17) is 9.15 Å². The van der Waals surface area contributed by atoms with E-state index in [-0.39, 0.29) is 11.5 Å². The molecule has 1 amide bonds. The van der Waals surface area contributed by atoms with Crippen LogP contribution in [0.1, 0.15) is 73.5 Å². The molecular weight excluding hydrogens is 370 g/mol. The van der Waals surface area contributed by atoms with Crippen molar-refractivity contribution in [1.29, 1.82) is 0 Å². The van der Waals surface area contributed by atoms with Gasteiger partial charge in [-0.05, 0) is 34.1 Å². The Morgan fingerprint density at radius 3 is 2.38 bits per heavy atom. The zero-order chi connectivity index (χ0) is 22.1. The largest absolute Gasteiger partial charge is 0.444 e. The number of carbonyl (C=O) groups excluding carboxylic acids is 1. The molecular formula is C21H39N5O3. The second-order valence-electron chi connectivity index (χ2n) is 8.96. The molecule has 0 spiro atoms. The smallest absolute Gasteiger partial charge is 0.410 e. The fraction of sp³-hybridized carbons (Fsp3) is 0.762. The van der Waals surface area contributed by atoms with Crippen LogP contribution in [0.5, 0.6) is 0 Å². The first-order valence-corrected chi connectivity index (χ1v) is 10.4. The van der Waals surface area contributed by atoms with Crippen molar-refractivity contribution in [3.63, 3.8) is 0 Å². The molecule has 0 aromatic carbocycles. The van der Waals surface area contributed by atoms with Crippen LogP contribution in [0, 0.1) is 0 Å². The molecule has 0 aliphatic rings. The van der Waals surface area contributed by atoms with Crippen molar-refractivity contribution in [1.82, 2.24) is 20.5 Å². The minimum atomic E-state index is -0.505. The van der Waals surface area contributed by atoms with Crippen LogP contribution in [0.3, 0.4) is 0 Å². The maximum absolute atomic E-state index is 12.4. The highest BCUT2D eigenvalue weighted by molar-refractivity contribution is 5.79. The number of ether oxygens (including phenoxy) is 1. The molecule has 0 aliphatic heterocycles. The summed E-state index contributed by atoms with van der Waals surface area (Å²) in [4.78, 5) is 22.9. The van der Waals surface area contributed by atoms with E-state index in [1.165, 1.54) is 0 Å². The highest BCUT2D eigenvalue weighted by Crippen LogP contribution is 2.22. The molecule has 8 heteroatoms. The van der Waals surface area contributed by atoms with Crippen LogP contribution in [-0.2, 0) is 16.7 Å². The lowest BCUT2D eigenvalue weighted by Crippen LogP contribution is -2.44. The Labute approximate surface area is 175 Å². The van der Waals surface area contributed by atoms with Gasteiger partial charge in [-0.3, -0.25) is 0 Å². The van der Waals surface area contributed by atoms with E-state index in [2.05, 4.69) is 41.4 Å². The third-order valence-electron chi connectivity index (χ3n) is 3.83. The van der Waals surface area contributed by atoms with Crippen LogP contribution in [0.4, 0.5) is 4.79 Å². The molecule has 1 aromatic heterocycles. The summed E-state index contributed by atoms with van der Waals surface area (Å²) in [6, 6.07) is 0. The summed E-state index contributed by atoms with van der Waals surface area (Å²) in [5.41, 5.74) is -0.586. The van der Waals surface area contributed by atoms with Gasteiger partial charge in [-0.2, -0.15) is 0 Å². The molecule has 1 aromatic rings. The van der Waals surface area contributed by atoms with Gasteiger partial charge < -0.3 is 24.7 Å². The fourth-order valence-corrected chi connectivity index (χ4v) is 2.42. The van der Waals surface area contributed by atoms with Crippen LogP contribution in [-0.4, -0.2) is 53.7 Å². The Kier molecular flexibility index (Phi) is 9.46. The van der Waals surface area contributed by atoms with E-state index in [0.29, 0.717) is 38.0 Å². The number of aliphatic imine (C=N–C) groups is 1. The second-order valence-corrected chi connectivity index (χ2v) is 8.96. The number of hydrogen-bond acceptors (Lipinski definition) is 5. The number of aromatic nitrogens is 1. The maximum Gasteiger partial charge on any atom is 0.410 e. The zero-order valence-corrected chi connectivity index (χ0v) is 19.4. The molecule has 0 fully saturated rings. The molecule has 166 valence electrons. The van der Waals surface area contributed by atoms with E-state index >= 15 is 0 Å². The Morgan fingerprint density at radius 1 is 1.17 bits per heavy atom. The summed E-state index contributed by atoms with van der Waals surface area (Å²) in [7, 11) is 0. The lowest BCUT2D eigenvalue weighted by atomic mass is 9.94. The van der Waals surface area contributed by atoms with Gasteiger partial charge in [0.2, 0.25) is 5.89 Å². The van der Waals surface area contributed by atoms with E-state index < -0.39 is 5.60 Å². The van der Waals surface area contributed by atoms with Gasteiger partial charge in [0.15, 0.2) is 5.96 Å². The third-order valence-corrected chi connectivity index (χ3v) is 3.83. The van der Waals surface area contributed by atoms with E-state index in [0.717, 1.165) is 18.7 Å². The van der Waals surface area contributed by atoms with Gasteiger partial charge in [0, 0.05) is 31.6 Å². The standard InChI is InChI=1S/C21H39N5O3/c1-9-12-26(19(27)29-21(6,7)8)13-11-23-18(22-10-2)25-15-17-24-14-16(28-17)20(3,4)5/h14H,9-13,15H2,1-8H3,(H2,22,23,25). The van der Waals surface area contributed by atoms with Gasteiger partial charge in [0.05, 0.1) is 6.20 Å². The molecule has 0 atom stereocenters. The van der Waals surface area contributed by atoms with Gasteiger partial charge in [-0.1, -0.05) is 27.7 Å². The Bertz CT molecular complexity index is 656. The number of rotatable bonds is 8. The SMILES string of the molecule is CCCN(CCNC(=NCc1ncc(C(C)(C)C)o1)NCC)C(=O)OC(C)(C)C. The first-order chi connectivity index (χ1) is 13.5. The summed E-state index contributed by atoms with van der Waals surface area (Å²) in [5, 5.41) is 6.45. The van der Waals surface area contributed by atoms with Crippen molar-refractivity contribution in [2.24, 2.45) is 4.99 Å². The summed E-state index contributed by atoms with van der Waals surface area (Å²) in [5.74, 6) is 2.07. The molecule has 0 unspecified atom stereocenters. The second kappa shape index (κ2) is 11.1.